The van der Waals surface area contributed by atoms with Crippen LogP contribution in [0.2, 0.25) is 0 Å². The van der Waals surface area contributed by atoms with Crippen LogP contribution in [0.15, 0.2) is 0 Å². The van der Waals surface area contributed by atoms with Gasteiger partial charge in [0.2, 0.25) is 0 Å². The lowest BCUT2D eigenvalue weighted by atomic mass is 9.75. The summed E-state index contributed by atoms with van der Waals surface area (Å²) < 4.78 is 0. The van der Waals surface area contributed by atoms with Crippen LogP contribution < -0.4 is 0 Å². The van der Waals surface area contributed by atoms with Gasteiger partial charge in [0.05, 0.1) is 0 Å². The van der Waals surface area contributed by atoms with Crippen molar-refractivity contribution in [2.45, 2.75) is 58.4 Å². The van der Waals surface area contributed by atoms with Gasteiger partial charge >= 0.3 is 0 Å². The molecule has 0 N–H and O–H groups in total. The zero-order valence-electron chi connectivity index (χ0n) is 10.1. The molecular formula is C13H25N. The summed E-state index contributed by atoms with van der Waals surface area (Å²) in [6.45, 7) is 9.75. The molecule has 1 heteroatoms. The van der Waals surface area contributed by atoms with E-state index in [1.807, 2.05) is 0 Å². The van der Waals surface area contributed by atoms with Gasteiger partial charge in [-0.15, -0.1) is 0 Å². The molecule has 1 heterocycles. The molecule has 2 aliphatic rings. The van der Waals surface area contributed by atoms with Gasteiger partial charge in [0.15, 0.2) is 0 Å². The summed E-state index contributed by atoms with van der Waals surface area (Å²) in [5, 5.41) is 0. The molecule has 2 rings (SSSR count). The molecular weight excluding hydrogens is 170 g/mol. The Balaban J connectivity index is 1.76. The first kappa shape index (κ1) is 10.5. The third-order valence-corrected chi connectivity index (χ3v) is 4.17. The van der Waals surface area contributed by atoms with Crippen LogP contribution in [0.5, 0.6) is 0 Å². The summed E-state index contributed by atoms with van der Waals surface area (Å²) in [4.78, 5) is 2.63. The first-order valence-corrected chi connectivity index (χ1v) is 6.32. The zero-order valence-corrected chi connectivity index (χ0v) is 10.1. The van der Waals surface area contributed by atoms with E-state index in [0.29, 0.717) is 5.54 Å². The summed E-state index contributed by atoms with van der Waals surface area (Å²) in [6, 6.07) is 0. The largest absolute Gasteiger partial charge is 0.298 e. The highest BCUT2D eigenvalue weighted by molar-refractivity contribution is 4.92. The van der Waals surface area contributed by atoms with E-state index in [1.54, 1.807) is 0 Å². The molecule has 0 atom stereocenters. The number of rotatable bonds is 1. The summed E-state index contributed by atoms with van der Waals surface area (Å²) >= 11 is 0. The fourth-order valence-electron chi connectivity index (χ4n) is 2.96. The molecule has 82 valence electrons. The smallest absolute Gasteiger partial charge is 0.0125 e. The average Bonchev–Trinajstić information content (AvgIpc) is 2.00. The molecule has 0 radical (unpaired) electrons. The minimum absolute atomic E-state index is 0.408. The molecule has 0 aromatic rings. The summed E-state index contributed by atoms with van der Waals surface area (Å²) in [6.07, 6.45) is 7.52. The number of nitrogens with zero attached hydrogens (tertiary/aromatic N) is 1. The summed E-state index contributed by atoms with van der Waals surface area (Å²) in [7, 11) is 0. The third kappa shape index (κ3) is 2.13. The second-order valence-electron chi connectivity index (χ2n) is 6.23. The minimum atomic E-state index is 0.408. The van der Waals surface area contributed by atoms with Crippen LogP contribution in [0.3, 0.4) is 0 Å². The van der Waals surface area contributed by atoms with Crippen molar-refractivity contribution in [1.29, 1.82) is 0 Å². The molecule has 0 aromatic heterocycles. The molecule has 1 aliphatic heterocycles. The lowest BCUT2D eigenvalue weighted by molar-refractivity contribution is -0.0209. The van der Waals surface area contributed by atoms with E-state index in [0.717, 1.165) is 11.8 Å². The van der Waals surface area contributed by atoms with Crippen LogP contribution >= 0.6 is 0 Å². The van der Waals surface area contributed by atoms with E-state index in [-0.39, 0.29) is 0 Å². The van der Waals surface area contributed by atoms with Crippen molar-refractivity contribution >= 4 is 0 Å². The molecule has 14 heavy (non-hydrogen) atoms. The maximum absolute atomic E-state index is 2.63. The Hall–Kier alpha value is -0.0400. The normalized spacial score (nSPS) is 27.6. The number of hydrogen-bond donors (Lipinski definition) is 0. The van der Waals surface area contributed by atoms with Crippen LogP contribution in [0.1, 0.15) is 52.9 Å². The van der Waals surface area contributed by atoms with Gasteiger partial charge in [0, 0.05) is 18.6 Å². The zero-order chi connectivity index (χ0) is 10.2. The van der Waals surface area contributed by atoms with Gasteiger partial charge in [-0.05, 0) is 32.6 Å². The number of hydrogen-bond acceptors (Lipinski definition) is 1. The Morgan fingerprint density at radius 1 is 0.857 bits per heavy atom. The monoisotopic (exact) mass is 195 g/mol. The average molecular weight is 195 g/mol. The Kier molecular flexibility index (Phi) is 2.88. The van der Waals surface area contributed by atoms with Crippen molar-refractivity contribution in [2.24, 2.45) is 11.8 Å². The molecule has 1 saturated carbocycles. The molecule has 0 amide bonds. The van der Waals surface area contributed by atoms with E-state index in [1.165, 1.54) is 45.2 Å². The number of likely N-dealkylation sites (tertiary alicyclic amines) is 1. The van der Waals surface area contributed by atoms with Crippen LogP contribution in [-0.2, 0) is 0 Å². The van der Waals surface area contributed by atoms with Crippen LogP contribution in [0, 0.1) is 11.8 Å². The van der Waals surface area contributed by atoms with Crippen molar-refractivity contribution in [2.75, 3.05) is 13.1 Å². The van der Waals surface area contributed by atoms with Gasteiger partial charge in [-0.1, -0.05) is 32.1 Å². The molecule has 0 bridgehead atoms. The van der Waals surface area contributed by atoms with Crippen molar-refractivity contribution in [3.63, 3.8) is 0 Å². The lowest BCUT2D eigenvalue weighted by Gasteiger charge is -2.51. The van der Waals surface area contributed by atoms with E-state index >= 15 is 0 Å². The topological polar surface area (TPSA) is 3.24 Å². The molecule has 2 fully saturated rings. The minimum Gasteiger partial charge on any atom is -0.298 e. The molecule has 1 saturated heterocycles. The van der Waals surface area contributed by atoms with Crippen LogP contribution in [0.25, 0.3) is 0 Å². The highest BCUT2D eigenvalue weighted by Gasteiger charge is 2.38. The molecule has 1 nitrogen and oxygen atoms in total. The highest BCUT2D eigenvalue weighted by atomic mass is 15.2. The SMILES string of the molecule is CC(C)(C)N1CC(C2CCCCC2)C1. The standard InChI is InChI=1S/C13H25N/c1-13(2,3)14-9-12(10-14)11-7-5-4-6-8-11/h11-12H,4-10H2,1-3H3. The van der Waals surface area contributed by atoms with Gasteiger partial charge in [0.25, 0.3) is 0 Å². The first-order valence-electron chi connectivity index (χ1n) is 6.32. The Bertz CT molecular complexity index is 180. The molecule has 0 unspecified atom stereocenters. The van der Waals surface area contributed by atoms with Crippen molar-refractivity contribution in [3.8, 4) is 0 Å². The predicted octanol–water partition coefficient (Wildman–Crippen LogP) is 3.30. The lowest BCUT2D eigenvalue weighted by Crippen LogP contribution is -2.57. The van der Waals surface area contributed by atoms with Gasteiger partial charge in [-0.3, -0.25) is 4.90 Å². The van der Waals surface area contributed by atoms with Gasteiger partial charge < -0.3 is 0 Å². The van der Waals surface area contributed by atoms with Gasteiger partial charge in [0.1, 0.15) is 0 Å². The van der Waals surface area contributed by atoms with E-state index in [2.05, 4.69) is 25.7 Å². The second-order valence-corrected chi connectivity index (χ2v) is 6.23. The Morgan fingerprint density at radius 3 is 1.93 bits per heavy atom. The van der Waals surface area contributed by atoms with Crippen LogP contribution in [-0.4, -0.2) is 23.5 Å². The maximum Gasteiger partial charge on any atom is 0.0125 e. The fraction of sp³-hybridized carbons (Fsp3) is 1.00. The predicted molar refractivity (Wildman–Crippen MR) is 61.4 cm³/mol. The van der Waals surface area contributed by atoms with Gasteiger partial charge in [-0.2, -0.15) is 0 Å². The van der Waals surface area contributed by atoms with Crippen LogP contribution in [0.4, 0.5) is 0 Å². The summed E-state index contributed by atoms with van der Waals surface area (Å²) in [5.41, 5.74) is 0.408. The second kappa shape index (κ2) is 3.84. The summed E-state index contributed by atoms with van der Waals surface area (Å²) in [5.74, 6) is 2.11. The van der Waals surface area contributed by atoms with Crippen molar-refractivity contribution < 1.29 is 0 Å². The fourth-order valence-corrected chi connectivity index (χ4v) is 2.96. The molecule has 0 spiro atoms. The van der Waals surface area contributed by atoms with E-state index in [4.69, 9.17) is 0 Å². The Morgan fingerprint density at radius 2 is 1.43 bits per heavy atom. The van der Waals surface area contributed by atoms with E-state index in [9.17, 15) is 0 Å². The van der Waals surface area contributed by atoms with Gasteiger partial charge in [-0.25, -0.2) is 0 Å². The maximum atomic E-state index is 2.63. The Labute approximate surface area is 88.9 Å². The first-order chi connectivity index (χ1) is 6.57. The van der Waals surface area contributed by atoms with Crippen molar-refractivity contribution in [3.05, 3.63) is 0 Å². The quantitative estimate of drug-likeness (QED) is 0.620. The molecule has 1 aliphatic carbocycles. The third-order valence-electron chi connectivity index (χ3n) is 4.17. The highest BCUT2D eigenvalue weighted by Crippen LogP contribution is 2.37. The van der Waals surface area contributed by atoms with E-state index < -0.39 is 0 Å². The van der Waals surface area contributed by atoms with Crippen molar-refractivity contribution in [1.82, 2.24) is 4.90 Å². The molecule has 0 aromatic carbocycles.